The van der Waals surface area contributed by atoms with Gasteiger partial charge in [0, 0.05) is 13.1 Å². The summed E-state index contributed by atoms with van der Waals surface area (Å²) in [6.07, 6.45) is -0.495. The Kier molecular flexibility index (Phi) is 4.23. The van der Waals surface area contributed by atoms with Crippen LogP contribution in [-0.2, 0) is 10.2 Å². The minimum Gasteiger partial charge on any atom is -0.444 e. The van der Waals surface area contributed by atoms with E-state index in [1.165, 1.54) is 0 Å². The van der Waals surface area contributed by atoms with Crippen LogP contribution in [0.2, 0.25) is 0 Å². The Labute approximate surface area is 106 Å². The van der Waals surface area contributed by atoms with Crippen LogP contribution in [0.5, 0.6) is 0 Å². The van der Waals surface area contributed by atoms with Gasteiger partial charge >= 0.3 is 6.09 Å². The minimum atomic E-state index is -0.579. The molecule has 0 saturated heterocycles. The molecule has 1 aromatic heterocycles. The number of nitrogens with two attached hydrogens (primary N) is 1. The van der Waals surface area contributed by atoms with Gasteiger partial charge in [0.15, 0.2) is 5.82 Å². The van der Waals surface area contributed by atoms with E-state index in [4.69, 9.17) is 10.5 Å². The molecule has 102 valence electrons. The van der Waals surface area contributed by atoms with Gasteiger partial charge < -0.3 is 15.8 Å². The summed E-state index contributed by atoms with van der Waals surface area (Å²) < 4.78 is 5.14. The summed E-state index contributed by atoms with van der Waals surface area (Å²) in [5.74, 6) is 0.459. The van der Waals surface area contributed by atoms with Gasteiger partial charge in [-0.25, -0.2) is 4.79 Å². The average Bonchev–Trinajstić information content (AvgIpc) is 2.77. The molecule has 0 radical (unpaired) electrons. The summed E-state index contributed by atoms with van der Waals surface area (Å²) in [7, 11) is 0. The Balaban J connectivity index is 2.58. The van der Waals surface area contributed by atoms with E-state index < -0.39 is 17.1 Å². The molecular formula is C10H20N6O2. The maximum Gasteiger partial charge on any atom is 0.407 e. The molecule has 1 amide bonds. The molecule has 8 nitrogen and oxygen atoms in total. The third-order valence-electron chi connectivity index (χ3n) is 2.36. The third kappa shape index (κ3) is 3.95. The number of rotatable bonds is 4. The van der Waals surface area contributed by atoms with E-state index in [-0.39, 0.29) is 13.1 Å². The second-order valence-electron chi connectivity index (χ2n) is 5.36. The van der Waals surface area contributed by atoms with Crippen molar-refractivity contribution >= 4 is 6.09 Å². The van der Waals surface area contributed by atoms with E-state index in [1.54, 1.807) is 20.8 Å². The molecule has 0 aliphatic heterocycles. The Morgan fingerprint density at radius 2 is 2.11 bits per heavy atom. The van der Waals surface area contributed by atoms with E-state index >= 15 is 0 Å². The zero-order valence-corrected chi connectivity index (χ0v) is 11.1. The normalized spacial score (nSPS) is 14.9. The van der Waals surface area contributed by atoms with Crippen LogP contribution in [0.25, 0.3) is 0 Å². The van der Waals surface area contributed by atoms with Crippen LogP contribution < -0.4 is 11.1 Å². The number of hydrogen-bond acceptors (Lipinski definition) is 6. The second-order valence-corrected chi connectivity index (χ2v) is 5.36. The third-order valence-corrected chi connectivity index (χ3v) is 2.36. The number of aromatic amines is 1. The SMILES string of the molecule is CC(C)(C)OC(=O)NCC(C)(CN)c1nn[nH]n1. The van der Waals surface area contributed by atoms with Crippen molar-refractivity contribution in [2.75, 3.05) is 13.1 Å². The van der Waals surface area contributed by atoms with E-state index in [0.29, 0.717) is 5.82 Å². The standard InChI is InChI=1S/C10H20N6O2/c1-9(2,3)18-8(17)12-6-10(4,5-11)7-13-15-16-14-7/h5-6,11H2,1-4H3,(H,12,17)(H,13,14,15,16). The molecule has 8 heteroatoms. The summed E-state index contributed by atoms with van der Waals surface area (Å²) in [4.78, 5) is 11.6. The molecule has 0 spiro atoms. The molecule has 1 aromatic rings. The molecule has 0 aromatic carbocycles. The zero-order valence-electron chi connectivity index (χ0n) is 11.1. The number of nitrogens with one attached hydrogen (secondary N) is 2. The Bertz CT molecular complexity index is 386. The molecule has 4 N–H and O–H groups in total. The Morgan fingerprint density at radius 1 is 1.44 bits per heavy atom. The van der Waals surface area contributed by atoms with Gasteiger partial charge in [-0.2, -0.15) is 5.21 Å². The lowest BCUT2D eigenvalue weighted by atomic mass is 9.90. The van der Waals surface area contributed by atoms with Crippen LogP contribution in [0.4, 0.5) is 4.79 Å². The van der Waals surface area contributed by atoms with Crippen molar-refractivity contribution in [1.29, 1.82) is 0 Å². The average molecular weight is 256 g/mol. The summed E-state index contributed by atoms with van der Waals surface area (Å²) in [5.41, 5.74) is 4.59. The van der Waals surface area contributed by atoms with Gasteiger partial charge in [0.2, 0.25) is 0 Å². The molecule has 0 aliphatic carbocycles. The fraction of sp³-hybridized carbons (Fsp3) is 0.800. The van der Waals surface area contributed by atoms with Crippen molar-refractivity contribution < 1.29 is 9.53 Å². The van der Waals surface area contributed by atoms with Crippen LogP contribution in [0.15, 0.2) is 0 Å². The number of hydrogen-bond donors (Lipinski definition) is 3. The van der Waals surface area contributed by atoms with Crippen LogP contribution in [-0.4, -0.2) is 45.4 Å². The van der Waals surface area contributed by atoms with Crippen molar-refractivity contribution in [3.8, 4) is 0 Å². The number of aromatic nitrogens is 4. The lowest BCUT2D eigenvalue weighted by molar-refractivity contribution is 0.0516. The van der Waals surface area contributed by atoms with Gasteiger partial charge in [-0.15, -0.1) is 10.2 Å². The quantitative estimate of drug-likeness (QED) is 0.694. The number of ether oxygens (including phenoxy) is 1. The smallest absolute Gasteiger partial charge is 0.407 e. The number of nitrogens with zero attached hydrogens (tertiary/aromatic N) is 3. The molecular weight excluding hydrogens is 236 g/mol. The summed E-state index contributed by atoms with van der Waals surface area (Å²) in [5, 5.41) is 16.3. The molecule has 0 saturated carbocycles. The highest BCUT2D eigenvalue weighted by Crippen LogP contribution is 2.16. The monoisotopic (exact) mass is 256 g/mol. The number of H-pyrrole nitrogens is 1. The molecule has 1 unspecified atom stereocenters. The molecule has 0 aliphatic rings. The van der Waals surface area contributed by atoms with Gasteiger partial charge in [0.1, 0.15) is 5.60 Å². The van der Waals surface area contributed by atoms with E-state index in [9.17, 15) is 4.79 Å². The number of alkyl carbamates (subject to hydrolysis) is 1. The first-order valence-corrected chi connectivity index (χ1v) is 5.68. The largest absolute Gasteiger partial charge is 0.444 e. The predicted octanol–water partition coefficient (Wildman–Crippen LogP) is -0.0592. The molecule has 18 heavy (non-hydrogen) atoms. The van der Waals surface area contributed by atoms with Crippen molar-refractivity contribution in [2.45, 2.75) is 38.7 Å². The lowest BCUT2D eigenvalue weighted by Gasteiger charge is -2.26. The van der Waals surface area contributed by atoms with Crippen LogP contribution in [0.1, 0.15) is 33.5 Å². The maximum absolute atomic E-state index is 11.6. The number of amides is 1. The summed E-state index contributed by atoms with van der Waals surface area (Å²) >= 11 is 0. The van der Waals surface area contributed by atoms with E-state index in [1.807, 2.05) is 6.92 Å². The molecule has 1 rings (SSSR count). The van der Waals surface area contributed by atoms with Gasteiger partial charge in [-0.3, -0.25) is 0 Å². The van der Waals surface area contributed by atoms with Crippen LogP contribution in [0.3, 0.4) is 0 Å². The maximum atomic E-state index is 11.6. The fourth-order valence-electron chi connectivity index (χ4n) is 1.24. The second kappa shape index (κ2) is 5.30. The lowest BCUT2D eigenvalue weighted by Crippen LogP contribution is -2.45. The molecule has 1 atom stereocenters. The van der Waals surface area contributed by atoms with Gasteiger partial charge in [-0.1, -0.05) is 5.21 Å². The number of tetrazole rings is 1. The van der Waals surface area contributed by atoms with E-state index in [0.717, 1.165) is 0 Å². The summed E-state index contributed by atoms with van der Waals surface area (Å²) in [6.45, 7) is 7.80. The Morgan fingerprint density at radius 3 is 2.56 bits per heavy atom. The van der Waals surface area contributed by atoms with E-state index in [2.05, 4.69) is 25.9 Å². The van der Waals surface area contributed by atoms with Gasteiger partial charge in [-0.05, 0) is 27.7 Å². The Hall–Kier alpha value is -1.70. The predicted molar refractivity (Wildman–Crippen MR) is 64.8 cm³/mol. The fourth-order valence-corrected chi connectivity index (χ4v) is 1.24. The van der Waals surface area contributed by atoms with Crippen molar-refractivity contribution in [1.82, 2.24) is 25.9 Å². The van der Waals surface area contributed by atoms with Crippen molar-refractivity contribution in [3.63, 3.8) is 0 Å². The first-order chi connectivity index (χ1) is 8.27. The molecule has 1 heterocycles. The number of carbonyl (C=O) groups is 1. The summed E-state index contributed by atoms with van der Waals surface area (Å²) in [6, 6.07) is 0. The number of carbonyl (C=O) groups excluding carboxylic acids is 1. The van der Waals surface area contributed by atoms with Gasteiger partial charge in [0.25, 0.3) is 0 Å². The van der Waals surface area contributed by atoms with Crippen LogP contribution in [0, 0.1) is 0 Å². The first kappa shape index (κ1) is 14.4. The molecule has 0 fully saturated rings. The minimum absolute atomic E-state index is 0.276. The topological polar surface area (TPSA) is 119 Å². The highest BCUT2D eigenvalue weighted by Gasteiger charge is 2.31. The first-order valence-electron chi connectivity index (χ1n) is 5.68. The highest BCUT2D eigenvalue weighted by atomic mass is 16.6. The molecule has 0 bridgehead atoms. The van der Waals surface area contributed by atoms with Gasteiger partial charge in [0.05, 0.1) is 5.41 Å². The highest BCUT2D eigenvalue weighted by molar-refractivity contribution is 5.67. The van der Waals surface area contributed by atoms with Crippen molar-refractivity contribution in [2.24, 2.45) is 5.73 Å². The van der Waals surface area contributed by atoms with Crippen molar-refractivity contribution in [3.05, 3.63) is 5.82 Å². The zero-order chi connectivity index (χ0) is 13.8. The van der Waals surface area contributed by atoms with Crippen LogP contribution >= 0.6 is 0 Å².